The highest BCUT2D eigenvalue weighted by atomic mass is 32.1. The van der Waals surface area contributed by atoms with Gasteiger partial charge in [-0.1, -0.05) is 23.5 Å². The predicted octanol–water partition coefficient (Wildman–Crippen LogP) is 2.48. The highest BCUT2D eigenvalue weighted by Gasteiger charge is 2.26. The van der Waals surface area contributed by atoms with Crippen molar-refractivity contribution >= 4 is 26.7 Å². The molecule has 1 heterocycles. The summed E-state index contributed by atoms with van der Waals surface area (Å²) >= 11 is 1.69. The minimum Gasteiger partial charge on any atom is -0.393 e. The van der Waals surface area contributed by atoms with Gasteiger partial charge in [0.05, 0.1) is 16.3 Å². The molecule has 3 nitrogen and oxygen atoms in total. The molecule has 1 saturated carbocycles. The van der Waals surface area contributed by atoms with Crippen LogP contribution in [0.2, 0.25) is 0 Å². The number of aromatic nitrogens is 1. The first-order valence-electron chi connectivity index (χ1n) is 5.59. The Bertz CT molecular complexity index is 457. The molecule has 1 aliphatic rings. The van der Waals surface area contributed by atoms with Gasteiger partial charge in [0.25, 0.3) is 0 Å². The van der Waals surface area contributed by atoms with Crippen molar-refractivity contribution in [2.75, 3.05) is 11.9 Å². The number of nitrogens with one attached hydrogen (secondary N) is 1. The zero-order valence-corrected chi connectivity index (χ0v) is 9.70. The lowest BCUT2D eigenvalue weighted by Gasteiger charge is -2.31. The fraction of sp³-hybridized carbons (Fsp3) is 0.417. The van der Waals surface area contributed by atoms with Crippen molar-refractivity contribution in [2.24, 2.45) is 5.92 Å². The molecule has 2 aromatic rings. The SMILES string of the molecule is OC1CC(CNc2nc3ccccc3s2)C1. The van der Waals surface area contributed by atoms with E-state index in [0.717, 1.165) is 30.0 Å². The number of anilines is 1. The van der Waals surface area contributed by atoms with E-state index in [1.54, 1.807) is 11.3 Å². The van der Waals surface area contributed by atoms with Crippen molar-refractivity contribution in [2.45, 2.75) is 18.9 Å². The van der Waals surface area contributed by atoms with Crippen molar-refractivity contribution in [3.63, 3.8) is 0 Å². The lowest BCUT2D eigenvalue weighted by atomic mass is 9.82. The number of thiazole rings is 1. The van der Waals surface area contributed by atoms with Crippen LogP contribution in [0.3, 0.4) is 0 Å². The molecular weight excluding hydrogens is 220 g/mol. The van der Waals surface area contributed by atoms with Crippen LogP contribution in [0.1, 0.15) is 12.8 Å². The van der Waals surface area contributed by atoms with E-state index in [-0.39, 0.29) is 6.10 Å². The summed E-state index contributed by atoms with van der Waals surface area (Å²) in [6.45, 7) is 0.927. The molecule has 16 heavy (non-hydrogen) atoms. The molecule has 1 fully saturated rings. The lowest BCUT2D eigenvalue weighted by molar-refractivity contribution is 0.0487. The Morgan fingerprint density at radius 3 is 2.94 bits per heavy atom. The summed E-state index contributed by atoms with van der Waals surface area (Å²) in [5.41, 5.74) is 1.06. The van der Waals surface area contributed by atoms with Gasteiger partial charge in [0, 0.05) is 6.54 Å². The first kappa shape index (κ1) is 10.1. The lowest BCUT2D eigenvalue weighted by Crippen LogP contribution is -2.33. The van der Waals surface area contributed by atoms with Crippen LogP contribution in [-0.2, 0) is 0 Å². The first-order chi connectivity index (χ1) is 7.81. The number of aliphatic hydroxyl groups is 1. The fourth-order valence-electron chi connectivity index (χ4n) is 2.05. The largest absolute Gasteiger partial charge is 0.393 e. The number of hydrogen-bond acceptors (Lipinski definition) is 4. The molecule has 1 aromatic heterocycles. The van der Waals surface area contributed by atoms with Gasteiger partial charge in [-0.05, 0) is 30.9 Å². The Kier molecular flexibility index (Phi) is 2.53. The Hall–Kier alpha value is -1.13. The van der Waals surface area contributed by atoms with Gasteiger partial charge in [-0.2, -0.15) is 0 Å². The molecule has 0 spiro atoms. The zero-order chi connectivity index (χ0) is 11.0. The normalized spacial score (nSPS) is 24.3. The van der Waals surface area contributed by atoms with Crippen LogP contribution in [0.5, 0.6) is 0 Å². The van der Waals surface area contributed by atoms with Crippen molar-refractivity contribution in [3.8, 4) is 0 Å². The highest BCUT2D eigenvalue weighted by Crippen LogP contribution is 2.29. The number of benzene rings is 1. The van der Waals surface area contributed by atoms with Crippen LogP contribution in [0.4, 0.5) is 5.13 Å². The smallest absolute Gasteiger partial charge is 0.183 e. The zero-order valence-electron chi connectivity index (χ0n) is 8.89. The summed E-state index contributed by atoms with van der Waals surface area (Å²) in [5.74, 6) is 0.613. The molecule has 0 amide bonds. The van der Waals surface area contributed by atoms with Gasteiger partial charge in [0.15, 0.2) is 5.13 Å². The summed E-state index contributed by atoms with van der Waals surface area (Å²) in [6.07, 6.45) is 1.79. The van der Waals surface area contributed by atoms with Crippen LogP contribution in [0.15, 0.2) is 24.3 Å². The van der Waals surface area contributed by atoms with Crippen molar-refractivity contribution in [1.29, 1.82) is 0 Å². The Labute approximate surface area is 98.1 Å². The summed E-state index contributed by atoms with van der Waals surface area (Å²) in [4.78, 5) is 4.51. The number of hydrogen-bond donors (Lipinski definition) is 2. The number of para-hydroxylation sites is 1. The van der Waals surface area contributed by atoms with Crippen molar-refractivity contribution in [1.82, 2.24) is 4.98 Å². The molecule has 0 unspecified atom stereocenters. The highest BCUT2D eigenvalue weighted by molar-refractivity contribution is 7.22. The molecule has 0 aliphatic heterocycles. The summed E-state index contributed by atoms with van der Waals surface area (Å²) < 4.78 is 1.22. The van der Waals surface area contributed by atoms with E-state index in [4.69, 9.17) is 0 Å². The van der Waals surface area contributed by atoms with Gasteiger partial charge in [0.2, 0.25) is 0 Å². The van der Waals surface area contributed by atoms with E-state index in [0.29, 0.717) is 5.92 Å². The van der Waals surface area contributed by atoms with Gasteiger partial charge in [-0.3, -0.25) is 0 Å². The monoisotopic (exact) mass is 234 g/mol. The Morgan fingerprint density at radius 1 is 1.38 bits per heavy atom. The number of fused-ring (bicyclic) bond motifs is 1. The standard InChI is InChI=1S/C12H14N2OS/c15-9-5-8(6-9)7-13-12-14-10-3-1-2-4-11(10)16-12/h1-4,8-9,15H,5-7H2,(H,13,14). The van der Waals surface area contributed by atoms with Gasteiger partial charge in [0.1, 0.15) is 0 Å². The Balaban J connectivity index is 1.65. The van der Waals surface area contributed by atoms with E-state index < -0.39 is 0 Å². The average Bonchev–Trinajstić information content (AvgIpc) is 2.65. The van der Waals surface area contributed by atoms with Gasteiger partial charge in [-0.25, -0.2) is 4.98 Å². The number of aliphatic hydroxyl groups excluding tert-OH is 1. The summed E-state index contributed by atoms with van der Waals surface area (Å²) in [7, 11) is 0. The van der Waals surface area contributed by atoms with Gasteiger partial charge >= 0.3 is 0 Å². The molecule has 0 saturated heterocycles. The maximum Gasteiger partial charge on any atom is 0.183 e. The van der Waals surface area contributed by atoms with E-state index >= 15 is 0 Å². The molecule has 1 aromatic carbocycles. The third-order valence-corrected chi connectivity index (χ3v) is 4.04. The van der Waals surface area contributed by atoms with Crippen LogP contribution in [-0.4, -0.2) is 22.7 Å². The van der Waals surface area contributed by atoms with Crippen molar-refractivity contribution < 1.29 is 5.11 Å². The molecule has 0 radical (unpaired) electrons. The molecule has 4 heteroatoms. The summed E-state index contributed by atoms with van der Waals surface area (Å²) in [6, 6.07) is 8.16. The van der Waals surface area contributed by atoms with E-state index in [1.807, 2.05) is 18.2 Å². The Morgan fingerprint density at radius 2 is 2.19 bits per heavy atom. The molecule has 0 bridgehead atoms. The number of rotatable bonds is 3. The second-order valence-electron chi connectivity index (χ2n) is 4.36. The third-order valence-electron chi connectivity index (χ3n) is 3.05. The topological polar surface area (TPSA) is 45.1 Å². The quantitative estimate of drug-likeness (QED) is 0.857. The maximum atomic E-state index is 9.19. The minimum atomic E-state index is -0.0674. The fourth-order valence-corrected chi connectivity index (χ4v) is 2.92. The van der Waals surface area contributed by atoms with Gasteiger partial charge in [-0.15, -0.1) is 0 Å². The molecule has 84 valence electrons. The predicted molar refractivity (Wildman–Crippen MR) is 66.8 cm³/mol. The minimum absolute atomic E-state index is 0.0674. The maximum absolute atomic E-state index is 9.19. The van der Waals surface area contributed by atoms with Crippen LogP contribution < -0.4 is 5.32 Å². The van der Waals surface area contributed by atoms with Crippen LogP contribution >= 0.6 is 11.3 Å². The average molecular weight is 234 g/mol. The third kappa shape index (κ3) is 1.90. The molecule has 0 atom stereocenters. The molecule has 3 rings (SSSR count). The van der Waals surface area contributed by atoms with E-state index in [1.165, 1.54) is 4.70 Å². The van der Waals surface area contributed by atoms with Gasteiger partial charge < -0.3 is 10.4 Å². The van der Waals surface area contributed by atoms with E-state index in [9.17, 15) is 5.11 Å². The second-order valence-corrected chi connectivity index (χ2v) is 5.39. The summed E-state index contributed by atoms with van der Waals surface area (Å²) in [5, 5.41) is 13.5. The second kappa shape index (κ2) is 4.03. The first-order valence-corrected chi connectivity index (χ1v) is 6.40. The van der Waals surface area contributed by atoms with E-state index in [2.05, 4.69) is 16.4 Å². The van der Waals surface area contributed by atoms with Crippen LogP contribution in [0.25, 0.3) is 10.2 Å². The molecule has 2 N–H and O–H groups in total. The van der Waals surface area contributed by atoms with Crippen LogP contribution in [0, 0.1) is 5.92 Å². The molecule has 1 aliphatic carbocycles. The molecular formula is C12H14N2OS. The number of nitrogens with zero attached hydrogens (tertiary/aromatic N) is 1. The van der Waals surface area contributed by atoms with Crippen molar-refractivity contribution in [3.05, 3.63) is 24.3 Å².